The molecule has 0 bridgehead atoms. The fraction of sp³-hybridized carbons (Fsp3) is 0.736. The molecule has 1 aromatic carbocycles. The number of benzene rings is 1. The minimum atomic E-state index is -1.70. The summed E-state index contributed by atoms with van der Waals surface area (Å²) in [5, 5.41) is 24.5. The lowest BCUT2D eigenvalue weighted by atomic mass is 9.91. The number of aromatic nitrogens is 2. The largest absolute Gasteiger partial charge is 0.390 e. The van der Waals surface area contributed by atoms with Gasteiger partial charge in [0.25, 0.3) is 0 Å². The Morgan fingerprint density at radius 3 is 1.54 bits per heavy atom. The molecule has 12 atom stereocenters. The maximum Gasteiger partial charge on any atom is 0.246 e. The summed E-state index contributed by atoms with van der Waals surface area (Å²) in [7, 11) is 12.3. The summed E-state index contributed by atoms with van der Waals surface area (Å²) in [5.74, 6) is -8.06. The van der Waals surface area contributed by atoms with Gasteiger partial charge in [0.15, 0.2) is 0 Å². The molecule has 0 aliphatic carbocycles. The molecule has 98 heavy (non-hydrogen) atoms. The molecule has 10 amide bonds. The summed E-state index contributed by atoms with van der Waals surface area (Å²) in [4.78, 5) is 170. The Balaban J connectivity index is 1.90. The van der Waals surface area contributed by atoms with Crippen LogP contribution >= 0.6 is 0 Å². The SMILES string of the molecule is C=C1NC(C)C(=O)N[C@H](C)C(=O)N(C)[C@@H](CC(C)C)C(=O)N(C)[C@@H](CC(C)C)C(=O)N(C)[C@@H](C(C)C)C(=O)N(C)[C@@H]([C@H](O)[C@H](C)Cc2nc3ccc(N4CCN(C)CC4)cc3[nH]2)C(=O)N[C@@H](CC)C(=O)N(C)CC(=O)N(C)[C@@H](CC(C)C)C(=O)N[C@@H](C(C)C)C(=O)N(C)[C@H]1CC(C)C. The van der Waals surface area contributed by atoms with Gasteiger partial charge in [0.2, 0.25) is 59.1 Å². The molecule has 2 aromatic rings. The molecule has 26 nitrogen and oxygen atoms in total. The van der Waals surface area contributed by atoms with E-state index in [0.29, 0.717) is 23.5 Å². The van der Waals surface area contributed by atoms with Crippen molar-refractivity contribution < 1.29 is 53.1 Å². The van der Waals surface area contributed by atoms with E-state index in [2.05, 4.69) is 49.7 Å². The lowest BCUT2D eigenvalue weighted by Crippen LogP contribution is -2.63. The number of hydrogen-bond acceptors (Lipinski definition) is 15. The van der Waals surface area contributed by atoms with Crippen molar-refractivity contribution in [3.8, 4) is 0 Å². The zero-order valence-electron chi connectivity index (χ0n) is 63.6. The molecule has 0 radical (unpaired) electrons. The minimum absolute atomic E-state index is 0.00728. The molecule has 2 fully saturated rings. The van der Waals surface area contributed by atoms with E-state index in [1.807, 2.05) is 73.6 Å². The zero-order chi connectivity index (χ0) is 74.4. The third-order valence-corrected chi connectivity index (χ3v) is 19.4. The van der Waals surface area contributed by atoms with Gasteiger partial charge in [-0.3, -0.25) is 47.9 Å². The number of aliphatic hydroxyl groups excluding tert-OH is 1. The van der Waals surface area contributed by atoms with E-state index in [1.54, 1.807) is 55.5 Å². The minimum Gasteiger partial charge on any atom is -0.390 e. The van der Waals surface area contributed by atoms with Gasteiger partial charge in [0, 0.05) is 93.3 Å². The average molecular weight is 1370 g/mol. The summed E-state index contributed by atoms with van der Waals surface area (Å²) in [6.07, 6.45) is -0.594. The van der Waals surface area contributed by atoms with Crippen molar-refractivity contribution in [1.29, 1.82) is 0 Å². The first-order chi connectivity index (χ1) is 45.6. The van der Waals surface area contributed by atoms with E-state index in [-0.39, 0.29) is 55.8 Å². The second-order valence-electron chi connectivity index (χ2n) is 30.3. The normalized spacial score (nSPS) is 26.1. The number of rotatable bonds is 16. The number of hydrogen-bond donors (Lipinski definition) is 6. The van der Waals surface area contributed by atoms with Crippen molar-refractivity contribution in [2.75, 3.05) is 94.0 Å². The van der Waals surface area contributed by atoms with Crippen LogP contribution < -0.4 is 26.2 Å². The fourth-order valence-corrected chi connectivity index (χ4v) is 13.2. The highest BCUT2D eigenvalue weighted by molar-refractivity contribution is 5.98. The van der Waals surface area contributed by atoms with Crippen molar-refractivity contribution in [2.45, 2.75) is 216 Å². The van der Waals surface area contributed by atoms with Gasteiger partial charge in [-0.25, -0.2) is 4.98 Å². The van der Waals surface area contributed by atoms with Crippen molar-refractivity contribution in [2.24, 2.45) is 41.4 Å². The van der Waals surface area contributed by atoms with Crippen LogP contribution in [0.3, 0.4) is 0 Å². The Labute approximate surface area is 584 Å². The highest BCUT2D eigenvalue weighted by atomic mass is 16.3. The Kier molecular flexibility index (Phi) is 31.1. The first-order valence-corrected chi connectivity index (χ1v) is 35.4. The van der Waals surface area contributed by atoms with Crippen molar-refractivity contribution in [3.05, 3.63) is 36.3 Å². The highest BCUT2D eigenvalue weighted by Crippen LogP contribution is 2.28. The number of aromatic amines is 1. The number of carbonyl (C=O) groups is 10. The fourth-order valence-electron chi connectivity index (χ4n) is 13.2. The number of nitrogens with zero attached hydrogens (tertiary/aromatic N) is 10. The van der Waals surface area contributed by atoms with E-state index < -0.39 is 150 Å². The Hall–Kier alpha value is -7.35. The summed E-state index contributed by atoms with van der Waals surface area (Å²) >= 11 is 0. The summed E-state index contributed by atoms with van der Waals surface area (Å²) in [6, 6.07) is -5.62. The quantitative estimate of drug-likeness (QED) is 0.138. The number of imidazole rings is 1. The number of likely N-dealkylation sites (N-methyl/N-ethyl adjacent to an activating group) is 8. The number of carbonyl (C=O) groups excluding carboxylic acids is 10. The molecule has 1 aromatic heterocycles. The Morgan fingerprint density at radius 1 is 0.520 bits per heavy atom. The number of nitrogens with one attached hydrogen (secondary N) is 5. The van der Waals surface area contributed by atoms with Crippen LogP contribution in [0.15, 0.2) is 30.5 Å². The third kappa shape index (κ3) is 21.6. The standard InChI is InChI=1S/C72H123N15O11/c1-26-51-68(94)80(19)39-59(88)81(20)55(34-41(4)5)65(91)78-60(44(10)11)71(97)82(21)54(33-40(2)3)47(15)73-48(16)64(90)74-49(17)67(93)83(22)56(35-42(6)7)69(95)84(23)57(36-43(8)9)70(96)85(24)61(45(12)13)72(98)86(25)62(66(92)77-51)63(89)46(14)37-58-75-52-28-27-50(38-53(52)76-58)87-31-29-79(18)30-32-87/h27-28,38,40-46,48-49,51,54-57,60-63,73,89H,15,26,29-37,39H2,1-14,16-25H3,(H,74,90)(H,75,76)(H,77,92)(H,78,91)/t46-,48?,49-,51+,54+,55+,56+,57+,60+,61+,62+,63-/m1/s1. The van der Waals surface area contributed by atoms with Gasteiger partial charge in [0.1, 0.15) is 60.2 Å². The van der Waals surface area contributed by atoms with Crippen LogP contribution in [0.25, 0.3) is 11.0 Å². The number of aliphatic hydroxyl groups is 1. The van der Waals surface area contributed by atoms with Gasteiger partial charge in [-0.05, 0) is 113 Å². The second kappa shape index (κ2) is 36.6. The maximum absolute atomic E-state index is 15.6. The molecule has 6 N–H and O–H groups in total. The predicted octanol–water partition coefficient (Wildman–Crippen LogP) is 4.16. The van der Waals surface area contributed by atoms with E-state index in [1.165, 1.54) is 73.7 Å². The van der Waals surface area contributed by atoms with Crippen molar-refractivity contribution >= 4 is 75.8 Å². The molecule has 3 heterocycles. The van der Waals surface area contributed by atoms with Crippen molar-refractivity contribution in [1.82, 2.24) is 70.4 Å². The van der Waals surface area contributed by atoms with Crippen LogP contribution in [0.1, 0.15) is 149 Å². The summed E-state index contributed by atoms with van der Waals surface area (Å²) in [5.41, 5.74) is 2.83. The predicted molar refractivity (Wildman–Crippen MR) is 383 cm³/mol. The molecule has 2 saturated heterocycles. The first-order valence-electron chi connectivity index (χ1n) is 35.4. The third-order valence-electron chi connectivity index (χ3n) is 19.4. The second-order valence-corrected chi connectivity index (χ2v) is 30.3. The molecule has 552 valence electrons. The molecule has 26 heteroatoms. The number of fused-ring (bicyclic) bond motifs is 1. The molecule has 0 spiro atoms. The molecule has 2 aliphatic heterocycles. The molecule has 2 aliphatic rings. The smallest absolute Gasteiger partial charge is 0.246 e. The number of amides is 10. The van der Waals surface area contributed by atoms with Gasteiger partial charge >= 0.3 is 0 Å². The van der Waals surface area contributed by atoms with Crippen LogP contribution in [0, 0.1) is 41.4 Å². The maximum atomic E-state index is 15.6. The molecule has 1 unspecified atom stereocenters. The van der Waals surface area contributed by atoms with E-state index >= 15 is 19.2 Å². The van der Waals surface area contributed by atoms with Gasteiger partial charge in [-0.1, -0.05) is 104 Å². The number of piperazine rings is 1. The van der Waals surface area contributed by atoms with E-state index in [4.69, 9.17) is 4.98 Å². The lowest BCUT2D eigenvalue weighted by molar-refractivity contribution is -0.157. The highest BCUT2D eigenvalue weighted by Gasteiger charge is 2.46. The van der Waals surface area contributed by atoms with Crippen LogP contribution in [-0.4, -0.2) is 269 Å². The zero-order valence-corrected chi connectivity index (χ0v) is 63.6. The number of H-pyrrole nitrogens is 1. The van der Waals surface area contributed by atoms with Gasteiger partial charge in [-0.15, -0.1) is 0 Å². The topological polar surface area (TPSA) is 297 Å². The first kappa shape index (κ1) is 83.1. The number of anilines is 1. The summed E-state index contributed by atoms with van der Waals surface area (Å²) < 4.78 is 0. The molecular formula is C72H123N15O11. The summed E-state index contributed by atoms with van der Waals surface area (Å²) in [6.45, 7) is 36.2. The van der Waals surface area contributed by atoms with E-state index in [0.717, 1.165) is 47.2 Å². The molecule has 0 saturated carbocycles. The van der Waals surface area contributed by atoms with Crippen molar-refractivity contribution in [3.63, 3.8) is 0 Å². The van der Waals surface area contributed by atoms with Gasteiger partial charge < -0.3 is 75.5 Å². The molecule has 4 rings (SSSR count). The Morgan fingerprint density at radius 2 is 1.02 bits per heavy atom. The van der Waals surface area contributed by atoms with Crippen LogP contribution in [-0.2, 0) is 54.4 Å². The molecular weight excluding hydrogens is 1250 g/mol. The average Bonchev–Trinajstić information content (AvgIpc) is 1.42. The van der Waals surface area contributed by atoms with Crippen LogP contribution in [0.5, 0.6) is 0 Å². The van der Waals surface area contributed by atoms with Crippen LogP contribution in [0.4, 0.5) is 5.69 Å². The monoisotopic (exact) mass is 1370 g/mol. The van der Waals surface area contributed by atoms with Crippen LogP contribution in [0.2, 0.25) is 0 Å². The van der Waals surface area contributed by atoms with Gasteiger partial charge in [0.05, 0.1) is 29.7 Å². The van der Waals surface area contributed by atoms with Gasteiger partial charge in [-0.2, -0.15) is 0 Å². The Bertz CT molecular complexity index is 3090. The lowest BCUT2D eigenvalue weighted by Gasteiger charge is -2.41. The van der Waals surface area contributed by atoms with E-state index in [9.17, 15) is 33.9 Å².